The highest BCUT2D eigenvalue weighted by Crippen LogP contribution is 2.27. The predicted molar refractivity (Wildman–Crippen MR) is 70.4 cm³/mol. The maximum absolute atomic E-state index is 11.3. The average molecular weight is 267 g/mol. The fourth-order valence-corrected chi connectivity index (χ4v) is 3.32. The van der Waals surface area contributed by atoms with Crippen LogP contribution in [0.1, 0.15) is 34.5 Å². The van der Waals surface area contributed by atoms with Gasteiger partial charge in [0.25, 0.3) is 0 Å². The van der Waals surface area contributed by atoms with Gasteiger partial charge >= 0.3 is 5.97 Å². The SMILES string of the molecule is Cc1cc(C)c(C(=O)O)c(SCC2CCCO2)n1. The Morgan fingerprint density at radius 1 is 1.61 bits per heavy atom. The minimum absolute atomic E-state index is 0.235. The zero-order chi connectivity index (χ0) is 13.1. The van der Waals surface area contributed by atoms with Crippen LogP contribution in [0.15, 0.2) is 11.1 Å². The second kappa shape index (κ2) is 5.71. The van der Waals surface area contributed by atoms with Crippen molar-refractivity contribution in [3.8, 4) is 0 Å². The van der Waals surface area contributed by atoms with Gasteiger partial charge in [0.05, 0.1) is 11.7 Å². The number of rotatable bonds is 4. The van der Waals surface area contributed by atoms with Crippen molar-refractivity contribution in [2.24, 2.45) is 0 Å². The summed E-state index contributed by atoms with van der Waals surface area (Å²) >= 11 is 1.48. The number of thioether (sulfide) groups is 1. The van der Waals surface area contributed by atoms with Gasteiger partial charge in [-0.05, 0) is 38.3 Å². The summed E-state index contributed by atoms with van der Waals surface area (Å²) < 4.78 is 5.54. The number of carboxylic acids is 1. The summed E-state index contributed by atoms with van der Waals surface area (Å²) in [6, 6.07) is 1.81. The van der Waals surface area contributed by atoms with Crippen molar-refractivity contribution in [3.05, 3.63) is 22.9 Å². The number of hydrogen-bond acceptors (Lipinski definition) is 4. The summed E-state index contributed by atoms with van der Waals surface area (Å²) in [5.41, 5.74) is 1.95. The van der Waals surface area contributed by atoms with Gasteiger partial charge in [-0.3, -0.25) is 0 Å². The molecule has 98 valence electrons. The molecule has 4 nitrogen and oxygen atoms in total. The van der Waals surface area contributed by atoms with E-state index in [1.807, 2.05) is 13.8 Å². The van der Waals surface area contributed by atoms with Crippen LogP contribution in [-0.4, -0.2) is 34.5 Å². The minimum atomic E-state index is -0.908. The summed E-state index contributed by atoms with van der Waals surface area (Å²) in [5, 5.41) is 9.85. The van der Waals surface area contributed by atoms with E-state index in [2.05, 4.69) is 4.98 Å². The highest BCUT2D eigenvalue weighted by molar-refractivity contribution is 7.99. The van der Waals surface area contributed by atoms with Crippen molar-refractivity contribution in [1.29, 1.82) is 0 Å². The monoisotopic (exact) mass is 267 g/mol. The van der Waals surface area contributed by atoms with Crippen LogP contribution in [0, 0.1) is 13.8 Å². The van der Waals surface area contributed by atoms with E-state index in [1.54, 1.807) is 6.07 Å². The number of carbonyl (C=O) groups is 1. The molecule has 5 heteroatoms. The van der Waals surface area contributed by atoms with Crippen LogP contribution in [0.25, 0.3) is 0 Å². The van der Waals surface area contributed by atoms with Gasteiger partial charge in [-0.2, -0.15) is 0 Å². The maximum atomic E-state index is 11.3. The molecule has 1 aromatic rings. The standard InChI is InChI=1S/C13H17NO3S/c1-8-6-9(2)14-12(11(8)13(15)16)18-7-10-4-3-5-17-10/h6,10H,3-5,7H2,1-2H3,(H,15,16). The number of pyridine rings is 1. The fraction of sp³-hybridized carbons (Fsp3) is 0.538. The van der Waals surface area contributed by atoms with Crippen molar-refractivity contribution in [1.82, 2.24) is 4.98 Å². The first-order valence-electron chi connectivity index (χ1n) is 6.04. The predicted octanol–water partition coefficient (Wildman–Crippen LogP) is 2.67. The normalized spacial score (nSPS) is 19.1. The molecule has 1 fully saturated rings. The molecule has 1 N–H and O–H groups in total. The molecule has 0 amide bonds. The van der Waals surface area contributed by atoms with Crippen LogP contribution >= 0.6 is 11.8 Å². The Morgan fingerprint density at radius 2 is 2.39 bits per heavy atom. The van der Waals surface area contributed by atoms with Crippen LogP contribution < -0.4 is 0 Å². The van der Waals surface area contributed by atoms with E-state index in [1.165, 1.54) is 11.8 Å². The summed E-state index contributed by atoms with van der Waals surface area (Å²) in [6.45, 7) is 4.51. The van der Waals surface area contributed by atoms with Gasteiger partial charge in [0.15, 0.2) is 0 Å². The number of aromatic nitrogens is 1. The number of aryl methyl sites for hydroxylation is 2. The van der Waals surface area contributed by atoms with Crippen molar-refractivity contribution in [3.63, 3.8) is 0 Å². The first-order valence-corrected chi connectivity index (χ1v) is 7.02. The molecule has 0 bridgehead atoms. The molecule has 18 heavy (non-hydrogen) atoms. The van der Waals surface area contributed by atoms with E-state index in [0.717, 1.165) is 36.5 Å². The van der Waals surface area contributed by atoms with Gasteiger partial charge in [0, 0.05) is 18.1 Å². The number of aromatic carboxylic acids is 1. The summed E-state index contributed by atoms with van der Waals surface area (Å²) in [4.78, 5) is 15.6. The lowest BCUT2D eigenvalue weighted by Crippen LogP contribution is -2.10. The zero-order valence-corrected chi connectivity index (χ0v) is 11.4. The molecule has 1 aromatic heterocycles. The Bertz CT molecular complexity index is 456. The Balaban J connectivity index is 2.16. The zero-order valence-electron chi connectivity index (χ0n) is 10.6. The Labute approximate surface area is 111 Å². The van der Waals surface area contributed by atoms with Crippen molar-refractivity contribution in [2.75, 3.05) is 12.4 Å². The number of nitrogens with zero attached hydrogens (tertiary/aromatic N) is 1. The Morgan fingerprint density at radius 3 is 3.00 bits per heavy atom. The van der Waals surface area contributed by atoms with E-state index in [-0.39, 0.29) is 6.10 Å². The highest BCUT2D eigenvalue weighted by Gasteiger charge is 2.20. The smallest absolute Gasteiger partial charge is 0.338 e. The van der Waals surface area contributed by atoms with E-state index in [9.17, 15) is 9.90 Å². The molecule has 0 aromatic carbocycles. The molecule has 2 rings (SSSR count). The van der Waals surface area contributed by atoms with Gasteiger partial charge < -0.3 is 9.84 Å². The molecule has 0 spiro atoms. The molecule has 1 aliphatic rings. The van der Waals surface area contributed by atoms with Crippen LogP contribution in [0.3, 0.4) is 0 Å². The van der Waals surface area contributed by atoms with E-state index < -0.39 is 5.97 Å². The molecule has 1 unspecified atom stereocenters. The van der Waals surface area contributed by atoms with Gasteiger partial charge in [0.2, 0.25) is 0 Å². The highest BCUT2D eigenvalue weighted by atomic mass is 32.2. The van der Waals surface area contributed by atoms with Crippen molar-refractivity contribution < 1.29 is 14.6 Å². The third-order valence-electron chi connectivity index (χ3n) is 2.96. The molecule has 1 atom stereocenters. The molecular formula is C13H17NO3S. The lowest BCUT2D eigenvalue weighted by atomic mass is 10.1. The summed E-state index contributed by atoms with van der Waals surface area (Å²) in [6.07, 6.45) is 2.39. The van der Waals surface area contributed by atoms with Gasteiger partial charge in [-0.15, -0.1) is 11.8 Å². The van der Waals surface area contributed by atoms with Crippen LogP contribution in [0.2, 0.25) is 0 Å². The minimum Gasteiger partial charge on any atom is -0.478 e. The average Bonchev–Trinajstić information content (AvgIpc) is 2.77. The Hall–Kier alpha value is -1.07. The van der Waals surface area contributed by atoms with Gasteiger partial charge in [0.1, 0.15) is 5.03 Å². The third kappa shape index (κ3) is 3.03. The quantitative estimate of drug-likeness (QED) is 0.850. The van der Waals surface area contributed by atoms with Crippen LogP contribution in [0.4, 0.5) is 0 Å². The first-order chi connectivity index (χ1) is 8.58. The van der Waals surface area contributed by atoms with Crippen molar-refractivity contribution in [2.45, 2.75) is 37.8 Å². The largest absolute Gasteiger partial charge is 0.478 e. The number of carboxylic acid groups (broad SMARTS) is 1. The lowest BCUT2D eigenvalue weighted by Gasteiger charge is -2.12. The van der Waals surface area contributed by atoms with Crippen LogP contribution in [-0.2, 0) is 4.74 Å². The Kier molecular flexibility index (Phi) is 4.24. The lowest BCUT2D eigenvalue weighted by molar-refractivity contribution is 0.0691. The molecule has 0 radical (unpaired) electrons. The molecular weight excluding hydrogens is 250 g/mol. The third-order valence-corrected chi connectivity index (χ3v) is 4.06. The van der Waals surface area contributed by atoms with Crippen LogP contribution in [0.5, 0.6) is 0 Å². The topological polar surface area (TPSA) is 59.4 Å². The second-order valence-electron chi connectivity index (χ2n) is 4.51. The van der Waals surface area contributed by atoms with E-state index >= 15 is 0 Å². The number of hydrogen-bond donors (Lipinski definition) is 1. The molecule has 2 heterocycles. The second-order valence-corrected chi connectivity index (χ2v) is 5.52. The van der Waals surface area contributed by atoms with E-state index in [0.29, 0.717) is 10.6 Å². The van der Waals surface area contributed by atoms with Gasteiger partial charge in [-0.25, -0.2) is 9.78 Å². The molecule has 0 aliphatic carbocycles. The van der Waals surface area contributed by atoms with Crippen molar-refractivity contribution >= 4 is 17.7 Å². The van der Waals surface area contributed by atoms with E-state index in [4.69, 9.17) is 4.74 Å². The summed E-state index contributed by atoms with van der Waals surface area (Å²) in [7, 11) is 0. The summed E-state index contributed by atoms with van der Waals surface area (Å²) in [5.74, 6) is -0.134. The molecule has 0 saturated carbocycles. The fourth-order valence-electron chi connectivity index (χ4n) is 2.11. The maximum Gasteiger partial charge on any atom is 0.338 e. The molecule has 1 saturated heterocycles. The molecule has 1 aliphatic heterocycles. The first kappa shape index (κ1) is 13.4. The van der Waals surface area contributed by atoms with Gasteiger partial charge in [-0.1, -0.05) is 0 Å². The number of ether oxygens (including phenoxy) is 1.